The van der Waals surface area contributed by atoms with Crippen LogP contribution in [0.25, 0.3) is 0 Å². The molecule has 1 N–H and O–H groups in total. The van der Waals surface area contributed by atoms with Gasteiger partial charge in [-0.15, -0.1) is 0 Å². The smallest absolute Gasteiger partial charge is 0.287 e. The average molecular weight is 284 g/mol. The molecular weight excluding hydrogens is 268 g/mol. The van der Waals surface area contributed by atoms with E-state index in [1.54, 1.807) is 17.0 Å². The maximum Gasteiger partial charge on any atom is 0.287 e. The number of amides is 2. The predicted octanol–water partition coefficient (Wildman–Crippen LogP) is 1.59. The quantitative estimate of drug-likeness (QED) is 0.931. The van der Waals surface area contributed by atoms with Crippen molar-refractivity contribution >= 4 is 11.8 Å². The summed E-state index contributed by atoms with van der Waals surface area (Å²) in [5.74, 6) is -0.234. The summed E-state index contributed by atoms with van der Waals surface area (Å²) in [6.45, 7) is 1.28. The van der Waals surface area contributed by atoms with Crippen molar-refractivity contribution in [3.8, 4) is 0 Å². The van der Waals surface area contributed by atoms with Gasteiger partial charge in [-0.2, -0.15) is 0 Å². The average Bonchev–Trinajstić information content (AvgIpc) is 3.06. The minimum atomic E-state index is -0.370. The molecule has 0 saturated heterocycles. The molecule has 108 valence electrons. The highest BCUT2D eigenvalue weighted by molar-refractivity contribution is 5.94. The van der Waals surface area contributed by atoms with Gasteiger partial charge in [0.05, 0.1) is 12.8 Å². The fourth-order valence-corrected chi connectivity index (χ4v) is 2.47. The lowest BCUT2D eigenvalue weighted by molar-refractivity contribution is -0.131. The van der Waals surface area contributed by atoms with Crippen LogP contribution in [0, 0.1) is 0 Å². The topological polar surface area (TPSA) is 62.6 Å². The number of benzene rings is 1. The number of nitrogens with one attached hydrogen (secondary N) is 1. The van der Waals surface area contributed by atoms with E-state index in [-0.39, 0.29) is 24.1 Å². The van der Waals surface area contributed by atoms with Crippen molar-refractivity contribution in [2.45, 2.75) is 13.0 Å². The number of rotatable bonds is 3. The van der Waals surface area contributed by atoms with Gasteiger partial charge >= 0.3 is 0 Å². The van der Waals surface area contributed by atoms with Gasteiger partial charge in [-0.25, -0.2) is 0 Å². The third-order valence-corrected chi connectivity index (χ3v) is 3.63. The van der Waals surface area contributed by atoms with Crippen LogP contribution in [0.4, 0.5) is 0 Å². The van der Waals surface area contributed by atoms with E-state index in [9.17, 15) is 9.59 Å². The van der Waals surface area contributed by atoms with Crippen LogP contribution >= 0.6 is 0 Å². The van der Waals surface area contributed by atoms with Gasteiger partial charge in [-0.05, 0) is 29.7 Å². The lowest BCUT2D eigenvalue weighted by Gasteiger charge is -2.28. The number of furan rings is 1. The Bertz CT molecular complexity index is 649. The molecule has 1 aromatic carbocycles. The highest BCUT2D eigenvalue weighted by Gasteiger charge is 2.21. The Kier molecular flexibility index (Phi) is 3.73. The zero-order valence-corrected chi connectivity index (χ0v) is 11.5. The molecule has 5 heteroatoms. The summed E-state index contributed by atoms with van der Waals surface area (Å²) in [5.41, 5.74) is 2.47. The van der Waals surface area contributed by atoms with E-state index in [0.717, 1.165) is 6.42 Å². The Morgan fingerprint density at radius 3 is 2.71 bits per heavy atom. The molecule has 0 spiro atoms. The van der Waals surface area contributed by atoms with E-state index < -0.39 is 0 Å². The molecule has 0 aliphatic carbocycles. The second-order valence-corrected chi connectivity index (χ2v) is 4.99. The molecule has 0 fully saturated rings. The van der Waals surface area contributed by atoms with Crippen LogP contribution in [0.5, 0.6) is 0 Å². The van der Waals surface area contributed by atoms with Crippen LogP contribution in [-0.2, 0) is 17.8 Å². The highest BCUT2D eigenvalue weighted by atomic mass is 16.3. The van der Waals surface area contributed by atoms with Crippen molar-refractivity contribution < 1.29 is 14.0 Å². The Morgan fingerprint density at radius 1 is 1.14 bits per heavy atom. The summed E-state index contributed by atoms with van der Waals surface area (Å²) >= 11 is 0. The maximum atomic E-state index is 12.2. The van der Waals surface area contributed by atoms with Crippen molar-refractivity contribution in [2.24, 2.45) is 0 Å². The van der Waals surface area contributed by atoms with Gasteiger partial charge in [-0.1, -0.05) is 24.3 Å². The molecule has 2 amide bonds. The summed E-state index contributed by atoms with van der Waals surface area (Å²) in [6, 6.07) is 11.3. The third kappa shape index (κ3) is 2.97. The Balaban J connectivity index is 1.56. The first-order valence-corrected chi connectivity index (χ1v) is 6.90. The lowest BCUT2D eigenvalue weighted by atomic mass is 10.00. The highest BCUT2D eigenvalue weighted by Crippen LogP contribution is 2.18. The van der Waals surface area contributed by atoms with Crippen LogP contribution in [0.3, 0.4) is 0 Å². The third-order valence-electron chi connectivity index (χ3n) is 3.63. The molecule has 1 aliphatic heterocycles. The van der Waals surface area contributed by atoms with Crippen LogP contribution in [-0.4, -0.2) is 29.8 Å². The molecule has 5 nitrogen and oxygen atoms in total. The largest absolute Gasteiger partial charge is 0.459 e. The minimum absolute atomic E-state index is 0.0122. The number of hydrogen-bond donors (Lipinski definition) is 1. The number of fused-ring (bicyclic) bond motifs is 1. The van der Waals surface area contributed by atoms with Crippen molar-refractivity contribution in [1.29, 1.82) is 0 Å². The van der Waals surface area contributed by atoms with E-state index in [2.05, 4.69) is 11.4 Å². The standard InChI is InChI=1S/C16H16N2O3/c19-15(10-17-16(20)14-6-3-9-21-14)18-8-7-12-4-1-2-5-13(12)11-18/h1-6,9H,7-8,10-11H2,(H,17,20). The first-order valence-electron chi connectivity index (χ1n) is 6.90. The first-order chi connectivity index (χ1) is 10.2. The van der Waals surface area contributed by atoms with Crippen molar-refractivity contribution in [1.82, 2.24) is 10.2 Å². The van der Waals surface area contributed by atoms with Gasteiger partial charge in [0.2, 0.25) is 5.91 Å². The summed E-state index contributed by atoms with van der Waals surface area (Å²) in [6.07, 6.45) is 2.28. The fourth-order valence-electron chi connectivity index (χ4n) is 2.47. The zero-order valence-electron chi connectivity index (χ0n) is 11.5. The molecule has 0 radical (unpaired) electrons. The fraction of sp³-hybridized carbons (Fsp3) is 0.250. The van der Waals surface area contributed by atoms with Gasteiger partial charge in [0.15, 0.2) is 5.76 Å². The minimum Gasteiger partial charge on any atom is -0.459 e. The maximum absolute atomic E-state index is 12.2. The second kappa shape index (κ2) is 5.83. The Hall–Kier alpha value is -2.56. The molecule has 0 bridgehead atoms. The van der Waals surface area contributed by atoms with Gasteiger partial charge in [-0.3, -0.25) is 9.59 Å². The summed E-state index contributed by atoms with van der Waals surface area (Å²) in [5, 5.41) is 2.58. The molecule has 0 saturated carbocycles. The first kappa shape index (κ1) is 13.4. The number of carbonyl (C=O) groups excluding carboxylic acids is 2. The van der Waals surface area contributed by atoms with Gasteiger partial charge in [0.25, 0.3) is 5.91 Å². The van der Waals surface area contributed by atoms with Gasteiger partial charge in [0, 0.05) is 13.1 Å². The SMILES string of the molecule is O=C(NCC(=O)N1CCc2ccccc2C1)c1ccco1. The summed E-state index contributed by atoms with van der Waals surface area (Å²) in [7, 11) is 0. The Morgan fingerprint density at radius 2 is 1.95 bits per heavy atom. The molecule has 2 aromatic rings. The van der Waals surface area contributed by atoms with E-state index in [1.807, 2.05) is 18.2 Å². The molecule has 0 unspecified atom stereocenters. The molecule has 3 rings (SSSR count). The molecule has 2 heterocycles. The number of carbonyl (C=O) groups is 2. The number of hydrogen-bond acceptors (Lipinski definition) is 3. The van der Waals surface area contributed by atoms with E-state index in [0.29, 0.717) is 13.1 Å². The monoisotopic (exact) mass is 284 g/mol. The normalized spacial score (nSPS) is 13.6. The predicted molar refractivity (Wildman–Crippen MR) is 76.6 cm³/mol. The zero-order chi connectivity index (χ0) is 14.7. The summed E-state index contributed by atoms with van der Waals surface area (Å²) < 4.78 is 4.98. The van der Waals surface area contributed by atoms with Gasteiger partial charge < -0.3 is 14.6 Å². The molecular formula is C16H16N2O3. The van der Waals surface area contributed by atoms with Crippen molar-refractivity contribution in [2.75, 3.05) is 13.1 Å². The van der Waals surface area contributed by atoms with Crippen LogP contribution in [0.2, 0.25) is 0 Å². The van der Waals surface area contributed by atoms with E-state index in [1.165, 1.54) is 17.4 Å². The van der Waals surface area contributed by atoms with Gasteiger partial charge in [0.1, 0.15) is 0 Å². The van der Waals surface area contributed by atoms with Crippen LogP contribution in [0.15, 0.2) is 47.1 Å². The molecule has 1 aliphatic rings. The van der Waals surface area contributed by atoms with Crippen LogP contribution < -0.4 is 5.32 Å². The van der Waals surface area contributed by atoms with E-state index in [4.69, 9.17) is 4.42 Å². The lowest BCUT2D eigenvalue weighted by Crippen LogP contribution is -2.42. The van der Waals surface area contributed by atoms with Crippen LogP contribution in [0.1, 0.15) is 21.7 Å². The Labute approximate surface area is 122 Å². The van der Waals surface area contributed by atoms with E-state index >= 15 is 0 Å². The molecule has 21 heavy (non-hydrogen) atoms. The number of nitrogens with zero attached hydrogens (tertiary/aromatic N) is 1. The molecule has 1 aromatic heterocycles. The van der Waals surface area contributed by atoms with Crippen molar-refractivity contribution in [3.05, 3.63) is 59.5 Å². The summed E-state index contributed by atoms with van der Waals surface area (Å²) in [4.78, 5) is 25.6. The second-order valence-electron chi connectivity index (χ2n) is 4.99. The molecule has 0 atom stereocenters. The van der Waals surface area contributed by atoms with Crippen molar-refractivity contribution in [3.63, 3.8) is 0 Å².